The molecule has 152 valence electrons. The number of piperidine rings is 1. The highest BCUT2D eigenvalue weighted by Crippen LogP contribution is 2.36. The van der Waals surface area contributed by atoms with Crippen LogP contribution in [0.5, 0.6) is 0 Å². The lowest BCUT2D eigenvalue weighted by Crippen LogP contribution is -2.49. The van der Waals surface area contributed by atoms with E-state index in [1.165, 1.54) is 10.6 Å². The number of pyridine rings is 2. The normalized spacial score (nSPS) is 19.9. The largest absolute Gasteiger partial charge is 0.336 e. The SMILES string of the molecule is O=C(c1cc(-c2ccncc2)n[nH]1)N1C[C@H]2C[C@@H](C1)c1ccc([N+](=O)[O-])c(=O)n1C2. The Balaban J connectivity index is 1.40. The average molecular weight is 406 g/mol. The van der Waals surface area contributed by atoms with Gasteiger partial charge in [-0.3, -0.25) is 29.8 Å². The quantitative estimate of drug-likeness (QED) is 0.522. The molecule has 30 heavy (non-hydrogen) atoms. The first-order chi connectivity index (χ1) is 14.5. The van der Waals surface area contributed by atoms with Crippen LogP contribution in [-0.2, 0) is 6.54 Å². The number of rotatable bonds is 3. The summed E-state index contributed by atoms with van der Waals surface area (Å²) in [6.07, 6.45) is 4.19. The third kappa shape index (κ3) is 2.97. The molecule has 0 aromatic carbocycles. The minimum Gasteiger partial charge on any atom is -0.336 e. The zero-order chi connectivity index (χ0) is 20.8. The van der Waals surface area contributed by atoms with Crippen molar-refractivity contribution in [2.75, 3.05) is 13.1 Å². The molecule has 0 unspecified atom stereocenters. The van der Waals surface area contributed by atoms with E-state index in [0.29, 0.717) is 31.0 Å². The molecule has 3 aromatic rings. The van der Waals surface area contributed by atoms with Gasteiger partial charge in [-0.1, -0.05) is 0 Å². The number of hydrogen-bond donors (Lipinski definition) is 1. The molecule has 1 fully saturated rings. The molecule has 2 atom stereocenters. The topological polar surface area (TPSA) is 127 Å². The van der Waals surface area contributed by atoms with Crippen LogP contribution in [0.3, 0.4) is 0 Å². The van der Waals surface area contributed by atoms with Gasteiger partial charge in [0.25, 0.3) is 5.91 Å². The van der Waals surface area contributed by atoms with Gasteiger partial charge in [-0.05, 0) is 36.6 Å². The van der Waals surface area contributed by atoms with E-state index in [0.717, 1.165) is 17.7 Å². The van der Waals surface area contributed by atoms with Gasteiger partial charge in [0.1, 0.15) is 5.69 Å². The second kappa shape index (κ2) is 6.90. The maximum absolute atomic E-state index is 13.1. The van der Waals surface area contributed by atoms with Crippen LogP contribution in [-0.4, -0.2) is 48.6 Å². The average Bonchev–Trinajstić information content (AvgIpc) is 3.24. The Hall–Kier alpha value is -3.82. The number of nitrogens with zero attached hydrogens (tertiary/aromatic N) is 5. The zero-order valence-corrected chi connectivity index (χ0v) is 15.9. The van der Waals surface area contributed by atoms with Crippen LogP contribution in [0.2, 0.25) is 0 Å². The molecular weight excluding hydrogens is 388 g/mol. The molecule has 0 spiro atoms. The van der Waals surface area contributed by atoms with E-state index in [1.807, 2.05) is 12.1 Å². The summed E-state index contributed by atoms with van der Waals surface area (Å²) in [7, 11) is 0. The van der Waals surface area contributed by atoms with Crippen LogP contribution in [0.1, 0.15) is 28.5 Å². The number of nitrogens with one attached hydrogen (secondary N) is 1. The lowest BCUT2D eigenvalue weighted by Gasteiger charge is -2.42. The Kier molecular flexibility index (Phi) is 4.19. The first-order valence-electron chi connectivity index (χ1n) is 9.64. The molecule has 1 N–H and O–H groups in total. The molecule has 2 aliphatic heterocycles. The minimum absolute atomic E-state index is 0.0301. The molecule has 3 aromatic heterocycles. The van der Waals surface area contributed by atoms with Gasteiger partial charge in [0.05, 0.1) is 10.6 Å². The lowest BCUT2D eigenvalue weighted by atomic mass is 9.83. The number of nitro groups is 1. The van der Waals surface area contributed by atoms with Crippen molar-refractivity contribution in [1.29, 1.82) is 0 Å². The number of aromatic nitrogens is 4. The van der Waals surface area contributed by atoms with E-state index in [4.69, 9.17) is 0 Å². The van der Waals surface area contributed by atoms with Crippen molar-refractivity contribution < 1.29 is 9.72 Å². The summed E-state index contributed by atoms with van der Waals surface area (Å²) in [5, 5.41) is 18.1. The number of carbonyl (C=O) groups is 1. The molecule has 1 saturated heterocycles. The molecule has 2 aliphatic rings. The number of hydrogen-bond acceptors (Lipinski definition) is 6. The van der Waals surface area contributed by atoms with Gasteiger partial charge in [-0.15, -0.1) is 0 Å². The molecule has 5 rings (SSSR count). The number of aromatic amines is 1. The number of fused-ring (bicyclic) bond motifs is 4. The summed E-state index contributed by atoms with van der Waals surface area (Å²) in [6, 6.07) is 8.29. The predicted molar refractivity (Wildman–Crippen MR) is 106 cm³/mol. The van der Waals surface area contributed by atoms with Crippen molar-refractivity contribution in [3.05, 3.63) is 74.6 Å². The van der Waals surface area contributed by atoms with E-state index in [2.05, 4.69) is 15.2 Å². The molecule has 1 amide bonds. The van der Waals surface area contributed by atoms with Crippen LogP contribution in [0.4, 0.5) is 5.69 Å². The molecule has 0 radical (unpaired) electrons. The van der Waals surface area contributed by atoms with E-state index < -0.39 is 16.2 Å². The van der Waals surface area contributed by atoms with Gasteiger partial charge in [0, 0.05) is 55.3 Å². The number of likely N-dealkylation sites (tertiary alicyclic amines) is 1. The van der Waals surface area contributed by atoms with Gasteiger partial charge in [0.15, 0.2) is 0 Å². The van der Waals surface area contributed by atoms with E-state index >= 15 is 0 Å². The Morgan fingerprint density at radius 3 is 2.73 bits per heavy atom. The van der Waals surface area contributed by atoms with Crippen molar-refractivity contribution in [3.63, 3.8) is 0 Å². The van der Waals surface area contributed by atoms with Crippen molar-refractivity contribution in [2.24, 2.45) is 5.92 Å². The fraction of sp³-hybridized carbons (Fsp3) is 0.300. The fourth-order valence-electron chi connectivity index (χ4n) is 4.51. The summed E-state index contributed by atoms with van der Waals surface area (Å²) in [6.45, 7) is 1.32. The molecule has 0 saturated carbocycles. The van der Waals surface area contributed by atoms with E-state index in [-0.39, 0.29) is 17.7 Å². The molecular formula is C20H18N6O4. The summed E-state index contributed by atoms with van der Waals surface area (Å²) >= 11 is 0. The number of carbonyl (C=O) groups excluding carboxylic acids is 1. The fourth-order valence-corrected chi connectivity index (χ4v) is 4.51. The third-order valence-electron chi connectivity index (χ3n) is 5.85. The Morgan fingerprint density at radius 1 is 1.17 bits per heavy atom. The molecule has 10 nitrogen and oxygen atoms in total. The zero-order valence-electron chi connectivity index (χ0n) is 15.9. The first kappa shape index (κ1) is 18.2. The van der Waals surface area contributed by atoms with Crippen molar-refractivity contribution in [2.45, 2.75) is 18.9 Å². The van der Waals surface area contributed by atoms with Gasteiger partial charge >= 0.3 is 11.2 Å². The van der Waals surface area contributed by atoms with Crippen LogP contribution >= 0.6 is 0 Å². The Morgan fingerprint density at radius 2 is 1.97 bits per heavy atom. The molecule has 10 heteroatoms. The number of H-pyrrole nitrogens is 1. The van der Waals surface area contributed by atoms with Crippen molar-refractivity contribution in [3.8, 4) is 11.3 Å². The molecule has 2 bridgehead atoms. The summed E-state index contributed by atoms with van der Waals surface area (Å²) in [4.78, 5) is 41.8. The standard InChI is InChI=1S/C20H18N6O4/c27-19(16-8-15(22-23-16)13-3-5-21-6-4-13)24-9-12-7-14(11-24)17-1-2-18(26(29)30)20(28)25(17)10-12/h1-6,8,12,14H,7,9-11H2,(H,22,23)/t12-,14+/m1/s1. The summed E-state index contributed by atoms with van der Waals surface area (Å²) in [5.41, 5.74) is 1.72. The van der Waals surface area contributed by atoms with Crippen molar-refractivity contribution >= 4 is 11.6 Å². The van der Waals surface area contributed by atoms with E-state index in [1.54, 1.807) is 29.4 Å². The van der Waals surface area contributed by atoms with Crippen molar-refractivity contribution in [1.82, 2.24) is 24.6 Å². The molecule has 0 aliphatic carbocycles. The maximum Gasteiger partial charge on any atom is 0.334 e. The third-order valence-corrected chi connectivity index (χ3v) is 5.85. The molecule has 5 heterocycles. The van der Waals surface area contributed by atoms with Crippen LogP contribution in [0.25, 0.3) is 11.3 Å². The lowest BCUT2D eigenvalue weighted by molar-refractivity contribution is -0.386. The first-order valence-corrected chi connectivity index (χ1v) is 9.64. The minimum atomic E-state index is -0.644. The highest BCUT2D eigenvalue weighted by molar-refractivity contribution is 5.93. The second-order valence-electron chi connectivity index (χ2n) is 7.73. The Bertz CT molecular complexity index is 1200. The highest BCUT2D eigenvalue weighted by Gasteiger charge is 2.38. The maximum atomic E-state index is 13.1. The second-order valence-corrected chi connectivity index (χ2v) is 7.73. The van der Waals surface area contributed by atoms with Gasteiger partial charge < -0.3 is 9.47 Å². The van der Waals surface area contributed by atoms with Gasteiger partial charge in [0.2, 0.25) is 0 Å². The van der Waals surface area contributed by atoms with Crippen LogP contribution < -0.4 is 5.56 Å². The van der Waals surface area contributed by atoms with E-state index in [9.17, 15) is 19.7 Å². The number of amides is 1. The smallest absolute Gasteiger partial charge is 0.334 e. The Labute approximate surface area is 170 Å². The summed E-state index contributed by atoms with van der Waals surface area (Å²) < 4.78 is 1.51. The monoisotopic (exact) mass is 406 g/mol. The highest BCUT2D eigenvalue weighted by atomic mass is 16.6. The van der Waals surface area contributed by atoms with Crippen LogP contribution in [0.15, 0.2) is 47.5 Å². The van der Waals surface area contributed by atoms with Gasteiger partial charge in [-0.25, -0.2) is 0 Å². The van der Waals surface area contributed by atoms with Gasteiger partial charge in [-0.2, -0.15) is 5.10 Å². The summed E-state index contributed by atoms with van der Waals surface area (Å²) in [5.74, 6) is -0.102. The van der Waals surface area contributed by atoms with Crippen LogP contribution in [0, 0.1) is 16.0 Å². The predicted octanol–water partition coefficient (Wildman–Crippen LogP) is 1.80.